The number of fused-ring (bicyclic) bond motifs is 1. The Labute approximate surface area is 206 Å². The molecule has 0 saturated heterocycles. The predicted octanol–water partition coefficient (Wildman–Crippen LogP) is 2.82. The van der Waals surface area contributed by atoms with Crippen LogP contribution >= 0.6 is 11.6 Å². The fourth-order valence-corrected chi connectivity index (χ4v) is 4.70. The summed E-state index contributed by atoms with van der Waals surface area (Å²) in [4.78, 5) is 35.5. The number of benzene rings is 2. The Morgan fingerprint density at radius 1 is 1.09 bits per heavy atom. The van der Waals surface area contributed by atoms with Gasteiger partial charge < -0.3 is 4.74 Å². The first kappa shape index (κ1) is 22.8. The molecule has 176 valence electrons. The molecule has 2 aromatic heterocycles. The van der Waals surface area contributed by atoms with Gasteiger partial charge in [-0.25, -0.2) is 4.68 Å². The second kappa shape index (κ2) is 9.72. The van der Waals surface area contributed by atoms with Gasteiger partial charge in [-0.2, -0.15) is 0 Å². The number of H-pyrrole nitrogens is 1. The minimum atomic E-state index is -0.463. The molecule has 4 aromatic rings. The summed E-state index contributed by atoms with van der Waals surface area (Å²) < 4.78 is 6.90. The quantitative estimate of drug-likeness (QED) is 0.434. The van der Waals surface area contributed by atoms with Gasteiger partial charge in [0.25, 0.3) is 5.56 Å². The fraction of sp³-hybridized carbons (Fsp3) is 0.185. The standard InChI is InChI=1S/C27H23ClN4O3/c1-35-24-8-3-2-7-22(24)32-27(34)26-21(31-32)15-23(33)20(6-4-5-19-16-29-13-14-30-19)25(26)17-9-11-18(28)12-10-17/h2-3,7-16,20,31H,4-6H2,1H3. The van der Waals surface area contributed by atoms with Crippen LogP contribution in [0.3, 0.4) is 0 Å². The number of methoxy groups -OCH3 is 1. The lowest BCUT2D eigenvalue weighted by atomic mass is 9.81. The Morgan fingerprint density at radius 3 is 2.63 bits per heavy atom. The summed E-state index contributed by atoms with van der Waals surface area (Å²) in [6.07, 6.45) is 8.55. The molecule has 0 fully saturated rings. The van der Waals surface area contributed by atoms with Gasteiger partial charge in [0.05, 0.1) is 23.4 Å². The topological polar surface area (TPSA) is 89.9 Å². The number of nitrogens with one attached hydrogen (secondary N) is 1. The summed E-state index contributed by atoms with van der Waals surface area (Å²) in [6, 6.07) is 14.5. The molecule has 0 aliphatic heterocycles. The van der Waals surface area contributed by atoms with E-state index >= 15 is 0 Å². The maximum absolute atomic E-state index is 13.8. The minimum Gasteiger partial charge on any atom is -0.494 e. The number of hydrogen-bond acceptors (Lipinski definition) is 5. The lowest BCUT2D eigenvalue weighted by Gasteiger charge is -2.20. The van der Waals surface area contributed by atoms with Gasteiger partial charge in [-0.05, 0) is 54.7 Å². The molecule has 8 heteroatoms. The summed E-state index contributed by atoms with van der Waals surface area (Å²) in [5.74, 6) is 0.0399. The number of aromatic amines is 1. The van der Waals surface area contributed by atoms with Gasteiger partial charge in [0.15, 0.2) is 5.78 Å². The number of carbonyl (C=O) groups excluding carboxylic acids is 1. The third-order valence-corrected chi connectivity index (χ3v) is 6.44. The second-order valence-corrected chi connectivity index (χ2v) is 8.76. The number of ether oxygens (including phenoxy) is 1. The summed E-state index contributed by atoms with van der Waals surface area (Å²) in [6.45, 7) is 0. The monoisotopic (exact) mass is 486 g/mol. The van der Waals surface area contributed by atoms with E-state index in [-0.39, 0.29) is 11.3 Å². The number of aromatic nitrogens is 4. The third-order valence-electron chi connectivity index (χ3n) is 6.19. The lowest BCUT2D eigenvalue weighted by molar-refractivity contribution is -0.115. The van der Waals surface area contributed by atoms with Crippen molar-refractivity contribution in [2.45, 2.75) is 19.3 Å². The molecule has 0 bridgehead atoms. The molecule has 7 nitrogen and oxygen atoms in total. The van der Waals surface area contributed by atoms with Gasteiger partial charge in [-0.15, -0.1) is 0 Å². The largest absolute Gasteiger partial charge is 0.494 e. The number of para-hydroxylation sites is 2. The van der Waals surface area contributed by atoms with Crippen LogP contribution in [-0.4, -0.2) is 32.6 Å². The van der Waals surface area contributed by atoms with Crippen LogP contribution < -0.4 is 20.9 Å². The first-order chi connectivity index (χ1) is 17.1. The highest BCUT2D eigenvalue weighted by molar-refractivity contribution is 6.30. The summed E-state index contributed by atoms with van der Waals surface area (Å²) in [5, 5.41) is 4.68. The number of nitrogens with zero attached hydrogens (tertiary/aromatic N) is 3. The van der Waals surface area contributed by atoms with E-state index in [0.717, 1.165) is 17.7 Å². The normalized spacial score (nSPS) is 15.0. The summed E-state index contributed by atoms with van der Waals surface area (Å²) >= 11 is 6.13. The first-order valence-corrected chi connectivity index (χ1v) is 11.7. The van der Waals surface area contributed by atoms with E-state index < -0.39 is 5.92 Å². The van der Waals surface area contributed by atoms with Gasteiger partial charge in [0.2, 0.25) is 0 Å². The molecule has 1 atom stereocenters. The number of Topliss-reactive ketones (excluding diaryl/α,β-unsaturated/α-hetero) is 1. The Kier molecular flexibility index (Phi) is 6.33. The Bertz CT molecular complexity index is 1560. The third kappa shape index (κ3) is 4.42. The molecule has 0 spiro atoms. The number of aryl methyl sites for hydroxylation is 1. The molecular formula is C27H23ClN4O3. The molecule has 5 rings (SSSR count). The van der Waals surface area contributed by atoms with Crippen LogP contribution in [0.4, 0.5) is 0 Å². The van der Waals surface area contributed by atoms with E-state index in [1.807, 2.05) is 24.3 Å². The first-order valence-electron chi connectivity index (χ1n) is 11.3. The zero-order valence-corrected chi connectivity index (χ0v) is 19.8. The summed E-state index contributed by atoms with van der Waals surface area (Å²) in [7, 11) is 1.56. The number of ketones is 1. The van der Waals surface area contributed by atoms with Gasteiger partial charge in [0.1, 0.15) is 11.4 Å². The highest BCUT2D eigenvalue weighted by Crippen LogP contribution is 2.29. The molecule has 35 heavy (non-hydrogen) atoms. The van der Waals surface area contributed by atoms with Crippen molar-refractivity contribution < 1.29 is 9.53 Å². The van der Waals surface area contributed by atoms with Crippen LogP contribution in [-0.2, 0) is 11.2 Å². The highest BCUT2D eigenvalue weighted by atomic mass is 35.5. The number of hydrogen-bond donors (Lipinski definition) is 1. The van der Waals surface area contributed by atoms with Crippen molar-refractivity contribution in [3.8, 4) is 11.4 Å². The number of rotatable bonds is 7. The van der Waals surface area contributed by atoms with Crippen molar-refractivity contribution in [3.05, 3.63) is 104 Å². The highest BCUT2D eigenvalue weighted by Gasteiger charge is 2.29. The molecule has 1 N–H and O–H groups in total. The van der Waals surface area contributed by atoms with E-state index in [4.69, 9.17) is 16.3 Å². The molecule has 1 unspecified atom stereocenters. The minimum absolute atomic E-state index is 0.0463. The molecule has 1 aliphatic carbocycles. The van der Waals surface area contributed by atoms with Gasteiger partial charge in [0, 0.05) is 35.6 Å². The van der Waals surface area contributed by atoms with Crippen LogP contribution in [0.1, 0.15) is 24.1 Å². The molecule has 0 saturated carbocycles. The fourth-order valence-electron chi connectivity index (χ4n) is 4.57. The van der Waals surface area contributed by atoms with Crippen molar-refractivity contribution in [3.63, 3.8) is 0 Å². The average molecular weight is 487 g/mol. The maximum atomic E-state index is 13.8. The molecular weight excluding hydrogens is 464 g/mol. The smallest absolute Gasteiger partial charge is 0.279 e. The summed E-state index contributed by atoms with van der Waals surface area (Å²) in [5.41, 5.74) is 2.71. The Balaban J connectivity index is 1.65. The van der Waals surface area contributed by atoms with Crippen molar-refractivity contribution in [2.24, 2.45) is 5.92 Å². The van der Waals surface area contributed by atoms with Crippen LogP contribution in [0.5, 0.6) is 5.75 Å². The van der Waals surface area contributed by atoms with Gasteiger partial charge >= 0.3 is 0 Å². The Hall–Kier alpha value is -3.97. The van der Waals surface area contributed by atoms with E-state index in [9.17, 15) is 9.59 Å². The molecule has 2 heterocycles. The van der Waals surface area contributed by atoms with Crippen LogP contribution in [0.15, 0.2) is 71.9 Å². The van der Waals surface area contributed by atoms with Crippen LogP contribution in [0.2, 0.25) is 5.02 Å². The van der Waals surface area contributed by atoms with Gasteiger partial charge in [-0.3, -0.25) is 24.7 Å². The number of carbonyl (C=O) groups is 1. The predicted molar refractivity (Wildman–Crippen MR) is 134 cm³/mol. The second-order valence-electron chi connectivity index (χ2n) is 8.32. The van der Waals surface area contributed by atoms with E-state index in [1.54, 1.807) is 50.0 Å². The molecule has 1 aliphatic rings. The average Bonchev–Trinajstić information content (AvgIpc) is 3.20. The maximum Gasteiger partial charge on any atom is 0.279 e. The van der Waals surface area contributed by atoms with Crippen molar-refractivity contribution in [2.75, 3.05) is 7.11 Å². The molecule has 2 aromatic carbocycles. The SMILES string of the molecule is COc1ccccc1-n1[nH]c2c(c1=O)=C(c1ccc(Cl)cc1)C(CCCc1cnccn1)C(=O)C=2. The molecule has 0 radical (unpaired) electrons. The number of halogens is 1. The zero-order chi connectivity index (χ0) is 24.4. The van der Waals surface area contributed by atoms with Crippen molar-refractivity contribution in [1.29, 1.82) is 0 Å². The van der Waals surface area contributed by atoms with Crippen LogP contribution in [0.25, 0.3) is 17.3 Å². The van der Waals surface area contributed by atoms with E-state index in [1.165, 1.54) is 10.8 Å². The van der Waals surface area contributed by atoms with Gasteiger partial charge in [-0.1, -0.05) is 35.9 Å². The molecule has 0 amide bonds. The van der Waals surface area contributed by atoms with E-state index in [2.05, 4.69) is 15.1 Å². The van der Waals surface area contributed by atoms with Crippen molar-refractivity contribution >= 4 is 29.0 Å². The lowest BCUT2D eigenvalue weighted by Crippen LogP contribution is -2.43. The van der Waals surface area contributed by atoms with Crippen molar-refractivity contribution in [1.82, 2.24) is 19.7 Å². The van der Waals surface area contributed by atoms with Crippen LogP contribution in [0, 0.1) is 5.92 Å². The Morgan fingerprint density at radius 2 is 1.89 bits per heavy atom. The van der Waals surface area contributed by atoms with E-state index in [0.29, 0.717) is 45.4 Å². The zero-order valence-electron chi connectivity index (χ0n) is 19.1.